The first kappa shape index (κ1) is 14.5. The molecule has 0 saturated carbocycles. The average Bonchev–Trinajstić information content (AvgIpc) is 2.49. The number of anilines is 1. The number of hydrogen-bond acceptors (Lipinski definition) is 5. The van der Waals surface area contributed by atoms with Gasteiger partial charge in [0.1, 0.15) is 11.5 Å². The topological polar surface area (TPSA) is 88.0 Å². The number of para-hydroxylation sites is 1. The number of rotatable bonds is 4. The van der Waals surface area contributed by atoms with Gasteiger partial charge >= 0.3 is 0 Å². The third-order valence-electron chi connectivity index (χ3n) is 2.87. The van der Waals surface area contributed by atoms with Crippen molar-refractivity contribution in [1.82, 2.24) is 0 Å². The molecule has 2 aromatic rings. The third-order valence-corrected chi connectivity index (χ3v) is 2.87. The molecule has 0 aliphatic rings. The second-order valence-electron chi connectivity index (χ2n) is 4.23. The lowest BCUT2D eigenvalue weighted by molar-refractivity contribution is 0.102. The minimum Gasteiger partial charge on any atom is -0.504 e. The molecule has 0 heterocycles. The fraction of sp³-hybridized carbons (Fsp3) is 0.133. The van der Waals surface area contributed by atoms with Crippen LogP contribution in [-0.2, 0) is 0 Å². The number of nitrogens with one attached hydrogen (secondary N) is 1. The van der Waals surface area contributed by atoms with Crippen LogP contribution in [0.15, 0.2) is 36.4 Å². The first-order valence-electron chi connectivity index (χ1n) is 6.10. The monoisotopic (exact) mass is 289 g/mol. The van der Waals surface area contributed by atoms with Crippen LogP contribution in [0.1, 0.15) is 10.4 Å². The molecular weight excluding hydrogens is 274 g/mol. The van der Waals surface area contributed by atoms with Crippen LogP contribution in [0.5, 0.6) is 23.0 Å². The van der Waals surface area contributed by atoms with Crippen molar-refractivity contribution in [2.24, 2.45) is 0 Å². The lowest BCUT2D eigenvalue weighted by Gasteiger charge is -2.11. The minimum atomic E-state index is -0.557. The van der Waals surface area contributed by atoms with Gasteiger partial charge in [0, 0.05) is 23.9 Å². The van der Waals surface area contributed by atoms with Crippen molar-refractivity contribution in [2.75, 3.05) is 19.5 Å². The molecular formula is C15H15NO5. The number of phenols is 2. The quantitative estimate of drug-likeness (QED) is 0.752. The summed E-state index contributed by atoms with van der Waals surface area (Å²) in [6.45, 7) is 0. The van der Waals surface area contributed by atoms with Gasteiger partial charge in [-0.2, -0.15) is 0 Å². The zero-order chi connectivity index (χ0) is 15.4. The van der Waals surface area contributed by atoms with Crippen LogP contribution in [0.2, 0.25) is 0 Å². The van der Waals surface area contributed by atoms with Crippen LogP contribution in [0, 0.1) is 0 Å². The molecule has 110 valence electrons. The number of phenolic OH excluding ortho intramolecular Hbond substituents is 2. The second kappa shape index (κ2) is 6.04. The molecule has 1 amide bonds. The molecule has 0 aromatic heterocycles. The van der Waals surface area contributed by atoms with Crippen LogP contribution in [0.3, 0.4) is 0 Å². The normalized spacial score (nSPS) is 10.0. The molecule has 0 spiro atoms. The Bertz CT molecular complexity index is 647. The number of benzene rings is 2. The highest BCUT2D eigenvalue weighted by Crippen LogP contribution is 2.30. The SMILES string of the molecule is COc1cc(NC(=O)c2cccc(O)c2O)cc(OC)c1. The molecule has 2 rings (SSSR count). The van der Waals surface area contributed by atoms with Gasteiger partial charge in [0.2, 0.25) is 0 Å². The predicted octanol–water partition coefficient (Wildman–Crippen LogP) is 2.37. The summed E-state index contributed by atoms with van der Waals surface area (Å²) >= 11 is 0. The Hall–Kier alpha value is -2.89. The lowest BCUT2D eigenvalue weighted by Crippen LogP contribution is -2.12. The van der Waals surface area contributed by atoms with Gasteiger partial charge < -0.3 is 25.0 Å². The van der Waals surface area contributed by atoms with Crippen molar-refractivity contribution in [2.45, 2.75) is 0 Å². The highest BCUT2D eigenvalue weighted by Gasteiger charge is 2.14. The molecule has 3 N–H and O–H groups in total. The van der Waals surface area contributed by atoms with Gasteiger partial charge in [-0.25, -0.2) is 0 Å². The number of aromatic hydroxyl groups is 2. The van der Waals surface area contributed by atoms with Crippen molar-refractivity contribution in [3.05, 3.63) is 42.0 Å². The summed E-state index contributed by atoms with van der Waals surface area (Å²) in [4.78, 5) is 12.1. The van der Waals surface area contributed by atoms with E-state index >= 15 is 0 Å². The highest BCUT2D eigenvalue weighted by atomic mass is 16.5. The maximum atomic E-state index is 12.1. The van der Waals surface area contributed by atoms with Crippen LogP contribution in [0.4, 0.5) is 5.69 Å². The molecule has 0 radical (unpaired) electrons. The van der Waals surface area contributed by atoms with Crippen molar-refractivity contribution in [3.8, 4) is 23.0 Å². The van der Waals surface area contributed by atoms with E-state index in [4.69, 9.17) is 9.47 Å². The fourth-order valence-corrected chi connectivity index (χ4v) is 1.79. The van der Waals surface area contributed by atoms with E-state index in [-0.39, 0.29) is 11.3 Å². The number of carbonyl (C=O) groups is 1. The maximum absolute atomic E-state index is 12.1. The number of amides is 1. The Morgan fingerprint density at radius 3 is 2.24 bits per heavy atom. The zero-order valence-corrected chi connectivity index (χ0v) is 11.6. The van der Waals surface area contributed by atoms with Gasteiger partial charge in [-0.05, 0) is 12.1 Å². The minimum absolute atomic E-state index is 0.0308. The van der Waals surface area contributed by atoms with Gasteiger partial charge in [-0.1, -0.05) is 6.07 Å². The summed E-state index contributed by atoms with van der Waals surface area (Å²) in [5, 5.41) is 21.7. The van der Waals surface area contributed by atoms with E-state index in [1.807, 2.05) is 0 Å². The van der Waals surface area contributed by atoms with Gasteiger partial charge in [0.15, 0.2) is 11.5 Å². The van der Waals surface area contributed by atoms with Crippen LogP contribution in [0.25, 0.3) is 0 Å². The summed E-state index contributed by atoms with van der Waals surface area (Å²) in [6.07, 6.45) is 0. The number of carbonyl (C=O) groups excluding carboxylic acids is 1. The first-order chi connectivity index (χ1) is 10.0. The molecule has 0 fully saturated rings. The Morgan fingerprint density at radius 1 is 1.05 bits per heavy atom. The number of hydrogen-bond donors (Lipinski definition) is 3. The van der Waals surface area contributed by atoms with E-state index in [1.165, 1.54) is 32.4 Å². The maximum Gasteiger partial charge on any atom is 0.259 e. The Kier molecular flexibility index (Phi) is 4.18. The van der Waals surface area contributed by atoms with Crippen molar-refractivity contribution in [1.29, 1.82) is 0 Å². The molecule has 0 saturated heterocycles. The number of methoxy groups -OCH3 is 2. The van der Waals surface area contributed by atoms with Crippen LogP contribution >= 0.6 is 0 Å². The largest absolute Gasteiger partial charge is 0.504 e. The molecule has 0 atom stereocenters. The Balaban J connectivity index is 2.29. The van der Waals surface area contributed by atoms with E-state index in [0.29, 0.717) is 17.2 Å². The summed E-state index contributed by atoms with van der Waals surface area (Å²) < 4.78 is 10.2. The zero-order valence-electron chi connectivity index (χ0n) is 11.6. The van der Waals surface area contributed by atoms with Crippen molar-refractivity contribution in [3.63, 3.8) is 0 Å². The molecule has 2 aromatic carbocycles. The molecule has 21 heavy (non-hydrogen) atoms. The summed E-state index contributed by atoms with van der Waals surface area (Å²) in [5.41, 5.74) is 0.413. The molecule has 6 heteroatoms. The molecule has 6 nitrogen and oxygen atoms in total. The van der Waals surface area contributed by atoms with Gasteiger partial charge in [0.05, 0.1) is 19.8 Å². The van der Waals surface area contributed by atoms with E-state index in [2.05, 4.69) is 5.32 Å². The van der Waals surface area contributed by atoms with E-state index in [0.717, 1.165) is 0 Å². The van der Waals surface area contributed by atoms with Crippen molar-refractivity contribution < 1.29 is 24.5 Å². The van der Waals surface area contributed by atoms with Gasteiger partial charge in [-0.15, -0.1) is 0 Å². The van der Waals surface area contributed by atoms with E-state index in [1.54, 1.807) is 18.2 Å². The smallest absolute Gasteiger partial charge is 0.259 e. The fourth-order valence-electron chi connectivity index (χ4n) is 1.79. The molecule has 0 unspecified atom stereocenters. The third kappa shape index (κ3) is 3.17. The lowest BCUT2D eigenvalue weighted by atomic mass is 10.1. The predicted molar refractivity (Wildman–Crippen MR) is 77.3 cm³/mol. The van der Waals surface area contributed by atoms with E-state index < -0.39 is 11.7 Å². The Morgan fingerprint density at radius 2 is 1.67 bits per heavy atom. The molecule has 0 bridgehead atoms. The number of ether oxygens (including phenoxy) is 2. The van der Waals surface area contributed by atoms with Crippen LogP contribution in [-0.4, -0.2) is 30.3 Å². The summed E-state index contributed by atoms with van der Waals surface area (Å²) in [6, 6.07) is 9.06. The molecule has 0 aliphatic carbocycles. The second-order valence-corrected chi connectivity index (χ2v) is 4.23. The first-order valence-corrected chi connectivity index (χ1v) is 6.10. The van der Waals surface area contributed by atoms with Crippen molar-refractivity contribution >= 4 is 11.6 Å². The highest BCUT2D eigenvalue weighted by molar-refractivity contribution is 6.06. The molecule has 0 aliphatic heterocycles. The van der Waals surface area contributed by atoms with Crippen LogP contribution < -0.4 is 14.8 Å². The van der Waals surface area contributed by atoms with Gasteiger partial charge in [0.25, 0.3) is 5.91 Å². The standard InChI is InChI=1S/C15H15NO5/c1-20-10-6-9(7-11(8-10)21-2)16-15(19)12-4-3-5-13(17)14(12)18/h3-8,17-18H,1-2H3,(H,16,19). The summed E-state index contributed by atoms with van der Waals surface area (Å²) in [5.74, 6) is -0.344. The summed E-state index contributed by atoms with van der Waals surface area (Å²) in [7, 11) is 3.00. The van der Waals surface area contributed by atoms with Gasteiger partial charge in [-0.3, -0.25) is 4.79 Å². The Labute approximate surface area is 121 Å². The van der Waals surface area contributed by atoms with E-state index in [9.17, 15) is 15.0 Å². The average molecular weight is 289 g/mol.